The van der Waals surface area contributed by atoms with Gasteiger partial charge in [0.2, 0.25) is 0 Å². The SMILES string of the molecule is c1ccc2c(c1)CNC(c1ccc3ccccc3n1)C2. The van der Waals surface area contributed by atoms with Crippen molar-refractivity contribution in [2.24, 2.45) is 0 Å². The third kappa shape index (κ3) is 1.98. The maximum Gasteiger partial charge on any atom is 0.0706 e. The molecule has 0 radical (unpaired) electrons. The molecule has 98 valence electrons. The average molecular weight is 260 g/mol. The van der Waals surface area contributed by atoms with Crippen LogP contribution in [-0.2, 0) is 13.0 Å². The zero-order chi connectivity index (χ0) is 13.4. The van der Waals surface area contributed by atoms with Crippen LogP contribution in [0, 0.1) is 0 Å². The number of fused-ring (bicyclic) bond motifs is 2. The molecule has 1 aliphatic rings. The molecule has 3 aromatic rings. The number of aromatic nitrogens is 1. The second-order valence-corrected chi connectivity index (χ2v) is 5.34. The Labute approximate surface area is 118 Å². The maximum absolute atomic E-state index is 4.81. The summed E-state index contributed by atoms with van der Waals surface area (Å²) in [6.45, 7) is 0.926. The molecule has 1 aromatic heterocycles. The van der Waals surface area contributed by atoms with Gasteiger partial charge in [0.25, 0.3) is 0 Å². The van der Waals surface area contributed by atoms with Crippen molar-refractivity contribution in [1.29, 1.82) is 0 Å². The molecule has 1 atom stereocenters. The molecule has 1 unspecified atom stereocenters. The minimum absolute atomic E-state index is 0.314. The first-order chi connectivity index (χ1) is 9.90. The van der Waals surface area contributed by atoms with Gasteiger partial charge < -0.3 is 5.32 Å². The van der Waals surface area contributed by atoms with E-state index in [0.29, 0.717) is 6.04 Å². The fraction of sp³-hybridized carbons (Fsp3) is 0.167. The molecule has 20 heavy (non-hydrogen) atoms. The number of benzene rings is 2. The molecule has 0 aliphatic carbocycles. The highest BCUT2D eigenvalue weighted by Gasteiger charge is 2.20. The highest BCUT2D eigenvalue weighted by molar-refractivity contribution is 5.78. The van der Waals surface area contributed by atoms with Crippen LogP contribution in [0.4, 0.5) is 0 Å². The zero-order valence-corrected chi connectivity index (χ0v) is 11.2. The van der Waals surface area contributed by atoms with E-state index in [-0.39, 0.29) is 0 Å². The van der Waals surface area contributed by atoms with Crippen molar-refractivity contribution in [3.05, 3.63) is 77.5 Å². The molecular formula is C18H16N2. The normalized spacial score (nSPS) is 17.9. The molecule has 2 aromatic carbocycles. The van der Waals surface area contributed by atoms with Gasteiger partial charge in [-0.1, -0.05) is 48.5 Å². The molecule has 4 rings (SSSR count). The molecule has 0 bridgehead atoms. The lowest BCUT2D eigenvalue weighted by Crippen LogP contribution is -2.29. The topological polar surface area (TPSA) is 24.9 Å². The quantitative estimate of drug-likeness (QED) is 0.723. The van der Waals surface area contributed by atoms with Gasteiger partial charge in [-0.3, -0.25) is 4.98 Å². The van der Waals surface area contributed by atoms with Crippen molar-refractivity contribution < 1.29 is 0 Å². The number of hydrogen-bond acceptors (Lipinski definition) is 2. The van der Waals surface area contributed by atoms with E-state index in [1.54, 1.807) is 0 Å². The lowest BCUT2D eigenvalue weighted by Gasteiger charge is -2.25. The molecule has 0 saturated carbocycles. The van der Waals surface area contributed by atoms with Gasteiger partial charge in [-0.2, -0.15) is 0 Å². The Kier molecular flexibility index (Phi) is 2.75. The van der Waals surface area contributed by atoms with Crippen molar-refractivity contribution >= 4 is 10.9 Å². The van der Waals surface area contributed by atoms with Gasteiger partial charge in [-0.05, 0) is 29.7 Å². The van der Waals surface area contributed by atoms with Crippen molar-refractivity contribution in [2.75, 3.05) is 0 Å². The van der Waals surface area contributed by atoms with Gasteiger partial charge in [-0.25, -0.2) is 0 Å². The predicted octanol–water partition coefficient (Wildman–Crippen LogP) is 3.62. The number of pyridine rings is 1. The van der Waals surface area contributed by atoms with Crippen molar-refractivity contribution in [2.45, 2.75) is 19.0 Å². The zero-order valence-electron chi connectivity index (χ0n) is 11.2. The van der Waals surface area contributed by atoms with Crippen LogP contribution in [0.2, 0.25) is 0 Å². The lowest BCUT2D eigenvalue weighted by atomic mass is 9.94. The Hall–Kier alpha value is -2.19. The van der Waals surface area contributed by atoms with Crippen LogP contribution in [0.5, 0.6) is 0 Å². The molecule has 2 nitrogen and oxygen atoms in total. The predicted molar refractivity (Wildman–Crippen MR) is 81.5 cm³/mol. The molecule has 0 fully saturated rings. The molecule has 0 amide bonds. The molecule has 1 N–H and O–H groups in total. The van der Waals surface area contributed by atoms with E-state index in [2.05, 4.69) is 59.9 Å². The fourth-order valence-corrected chi connectivity index (χ4v) is 2.94. The number of nitrogens with one attached hydrogen (secondary N) is 1. The van der Waals surface area contributed by atoms with E-state index in [4.69, 9.17) is 4.98 Å². The van der Waals surface area contributed by atoms with E-state index in [1.165, 1.54) is 16.5 Å². The van der Waals surface area contributed by atoms with Gasteiger partial charge >= 0.3 is 0 Å². The van der Waals surface area contributed by atoms with Crippen LogP contribution in [0.25, 0.3) is 10.9 Å². The maximum atomic E-state index is 4.81. The molecule has 1 aliphatic heterocycles. The second-order valence-electron chi connectivity index (χ2n) is 5.34. The number of para-hydroxylation sites is 1. The molecule has 0 saturated heterocycles. The Balaban J connectivity index is 1.70. The van der Waals surface area contributed by atoms with Gasteiger partial charge in [-0.15, -0.1) is 0 Å². The Morgan fingerprint density at radius 3 is 2.60 bits per heavy atom. The average Bonchev–Trinajstić information content (AvgIpc) is 2.54. The molecule has 0 spiro atoms. The summed E-state index contributed by atoms with van der Waals surface area (Å²) in [6.07, 6.45) is 1.02. The largest absolute Gasteiger partial charge is 0.304 e. The van der Waals surface area contributed by atoms with Gasteiger partial charge in [0.1, 0.15) is 0 Å². The standard InChI is InChI=1S/C18H16N2/c1-2-7-15-12-19-18(11-14(15)6-1)17-10-9-13-5-3-4-8-16(13)20-17/h1-10,18-19H,11-12H2. The Morgan fingerprint density at radius 1 is 0.850 bits per heavy atom. The summed E-state index contributed by atoms with van der Waals surface area (Å²) in [5.74, 6) is 0. The van der Waals surface area contributed by atoms with Crippen LogP contribution in [0.3, 0.4) is 0 Å². The summed E-state index contributed by atoms with van der Waals surface area (Å²) in [5, 5.41) is 4.80. The van der Waals surface area contributed by atoms with E-state index in [1.807, 2.05) is 6.07 Å². The van der Waals surface area contributed by atoms with Crippen LogP contribution >= 0.6 is 0 Å². The summed E-state index contributed by atoms with van der Waals surface area (Å²) in [4.78, 5) is 4.81. The third-order valence-electron chi connectivity index (χ3n) is 4.06. The van der Waals surface area contributed by atoms with E-state index < -0.39 is 0 Å². The van der Waals surface area contributed by atoms with Gasteiger partial charge in [0.05, 0.1) is 17.3 Å². The van der Waals surface area contributed by atoms with Gasteiger partial charge in [0.15, 0.2) is 0 Å². The third-order valence-corrected chi connectivity index (χ3v) is 4.06. The van der Waals surface area contributed by atoms with Crippen LogP contribution < -0.4 is 5.32 Å². The fourth-order valence-electron chi connectivity index (χ4n) is 2.94. The lowest BCUT2D eigenvalue weighted by molar-refractivity contribution is 0.490. The van der Waals surface area contributed by atoms with E-state index in [9.17, 15) is 0 Å². The number of nitrogens with zero attached hydrogens (tertiary/aromatic N) is 1. The van der Waals surface area contributed by atoms with Crippen LogP contribution in [-0.4, -0.2) is 4.98 Å². The van der Waals surface area contributed by atoms with E-state index >= 15 is 0 Å². The highest BCUT2D eigenvalue weighted by atomic mass is 14.9. The summed E-state index contributed by atoms with van der Waals surface area (Å²) in [7, 11) is 0. The highest BCUT2D eigenvalue weighted by Crippen LogP contribution is 2.25. The first kappa shape index (κ1) is 11.6. The minimum atomic E-state index is 0.314. The summed E-state index contributed by atoms with van der Waals surface area (Å²) in [5.41, 5.74) is 5.06. The number of rotatable bonds is 1. The number of hydrogen-bond donors (Lipinski definition) is 1. The summed E-state index contributed by atoms with van der Waals surface area (Å²) >= 11 is 0. The molecule has 2 heteroatoms. The first-order valence-corrected chi connectivity index (χ1v) is 7.06. The minimum Gasteiger partial charge on any atom is -0.304 e. The Bertz CT molecular complexity index is 764. The summed E-state index contributed by atoms with van der Waals surface area (Å²) < 4.78 is 0. The van der Waals surface area contributed by atoms with Crippen molar-refractivity contribution in [1.82, 2.24) is 10.3 Å². The van der Waals surface area contributed by atoms with Crippen molar-refractivity contribution in [3.8, 4) is 0 Å². The van der Waals surface area contributed by atoms with Crippen molar-refractivity contribution in [3.63, 3.8) is 0 Å². The Morgan fingerprint density at radius 2 is 1.65 bits per heavy atom. The van der Waals surface area contributed by atoms with Gasteiger partial charge in [0, 0.05) is 11.9 Å². The molecular weight excluding hydrogens is 244 g/mol. The smallest absolute Gasteiger partial charge is 0.0706 e. The second kappa shape index (κ2) is 4.73. The summed E-state index contributed by atoms with van der Waals surface area (Å²) in [6, 6.07) is 21.6. The van der Waals surface area contributed by atoms with E-state index in [0.717, 1.165) is 24.2 Å². The first-order valence-electron chi connectivity index (χ1n) is 7.06. The monoisotopic (exact) mass is 260 g/mol. The van der Waals surface area contributed by atoms with Crippen LogP contribution in [0.1, 0.15) is 22.9 Å². The molecule has 2 heterocycles. The van der Waals surface area contributed by atoms with Crippen LogP contribution in [0.15, 0.2) is 60.7 Å².